The second-order valence-electron chi connectivity index (χ2n) is 4.47. The second kappa shape index (κ2) is 8.72. The third-order valence-corrected chi connectivity index (χ3v) is 2.38. The highest BCUT2D eigenvalue weighted by Crippen LogP contribution is 2.18. The smallest absolute Gasteiger partial charge is 0.334 e. The van der Waals surface area contributed by atoms with Crippen molar-refractivity contribution < 1.29 is 19.1 Å². The molecular weight excluding hydrogens is 232 g/mol. The van der Waals surface area contributed by atoms with Crippen LogP contribution in [0, 0.1) is 5.92 Å². The molecule has 18 heavy (non-hydrogen) atoms. The monoisotopic (exact) mass is 256 g/mol. The molecule has 4 nitrogen and oxygen atoms in total. The molecule has 0 atom stereocenters. The van der Waals surface area contributed by atoms with Gasteiger partial charge in [0.05, 0.1) is 13.2 Å². The predicted molar refractivity (Wildman–Crippen MR) is 70.0 cm³/mol. The Morgan fingerprint density at radius 1 is 0.944 bits per heavy atom. The Labute approximate surface area is 109 Å². The van der Waals surface area contributed by atoms with E-state index < -0.39 is 11.9 Å². The zero-order valence-corrected chi connectivity index (χ0v) is 12.0. The van der Waals surface area contributed by atoms with E-state index in [0.29, 0.717) is 24.4 Å². The van der Waals surface area contributed by atoms with Crippen LogP contribution in [-0.2, 0) is 19.1 Å². The molecule has 0 unspecified atom stereocenters. The Morgan fingerprint density at radius 2 is 1.39 bits per heavy atom. The first-order valence-corrected chi connectivity index (χ1v) is 6.50. The summed E-state index contributed by atoms with van der Waals surface area (Å²) >= 11 is 0. The van der Waals surface area contributed by atoms with E-state index in [4.69, 9.17) is 9.47 Å². The van der Waals surface area contributed by atoms with Gasteiger partial charge in [0.2, 0.25) is 0 Å². The molecule has 0 saturated carbocycles. The molecule has 0 amide bonds. The topological polar surface area (TPSA) is 52.6 Å². The standard InChI is InChI=1S/C14H24O4/c1-6-8-17-13(15)11(5)12(10(3)4)14(16)18-9-7-2/h10H,6-9H2,1-5H3. The van der Waals surface area contributed by atoms with Crippen molar-refractivity contribution in [3.63, 3.8) is 0 Å². The molecular formula is C14H24O4. The Hall–Kier alpha value is -1.32. The maximum Gasteiger partial charge on any atom is 0.334 e. The van der Waals surface area contributed by atoms with E-state index >= 15 is 0 Å². The lowest BCUT2D eigenvalue weighted by Crippen LogP contribution is -2.19. The van der Waals surface area contributed by atoms with Crippen molar-refractivity contribution in [1.82, 2.24) is 0 Å². The molecule has 0 rings (SSSR count). The first kappa shape index (κ1) is 16.7. The lowest BCUT2D eigenvalue weighted by Gasteiger charge is -2.14. The van der Waals surface area contributed by atoms with Crippen LogP contribution >= 0.6 is 0 Å². The van der Waals surface area contributed by atoms with E-state index in [2.05, 4.69) is 0 Å². The predicted octanol–water partition coefficient (Wildman–Crippen LogP) is 2.87. The molecule has 0 aliphatic rings. The normalized spacial score (nSPS) is 12.1. The molecule has 0 aliphatic carbocycles. The number of esters is 2. The Bertz CT molecular complexity index is 316. The van der Waals surface area contributed by atoms with Gasteiger partial charge in [0.25, 0.3) is 0 Å². The molecule has 0 aromatic rings. The number of carbonyl (C=O) groups excluding carboxylic acids is 2. The molecule has 0 spiro atoms. The van der Waals surface area contributed by atoms with E-state index in [9.17, 15) is 9.59 Å². The summed E-state index contributed by atoms with van der Waals surface area (Å²) in [4.78, 5) is 23.6. The summed E-state index contributed by atoms with van der Waals surface area (Å²) in [6.07, 6.45) is 1.52. The van der Waals surface area contributed by atoms with E-state index in [1.54, 1.807) is 6.92 Å². The molecule has 0 radical (unpaired) electrons. The van der Waals surface area contributed by atoms with E-state index in [1.807, 2.05) is 27.7 Å². The quantitative estimate of drug-likeness (QED) is 0.519. The van der Waals surface area contributed by atoms with Gasteiger partial charge in [-0.05, 0) is 25.7 Å². The Kier molecular flexibility index (Phi) is 8.08. The van der Waals surface area contributed by atoms with Crippen LogP contribution in [0.1, 0.15) is 47.5 Å². The largest absolute Gasteiger partial charge is 0.462 e. The van der Waals surface area contributed by atoms with Crippen LogP contribution in [-0.4, -0.2) is 25.2 Å². The van der Waals surface area contributed by atoms with Crippen LogP contribution in [0.4, 0.5) is 0 Å². The lowest BCUT2D eigenvalue weighted by atomic mass is 9.98. The van der Waals surface area contributed by atoms with Gasteiger partial charge in [0.15, 0.2) is 0 Å². The summed E-state index contributed by atoms with van der Waals surface area (Å²) < 4.78 is 10.1. The fourth-order valence-electron chi connectivity index (χ4n) is 1.51. The Balaban J connectivity index is 4.93. The third-order valence-electron chi connectivity index (χ3n) is 2.38. The highest BCUT2D eigenvalue weighted by molar-refractivity contribution is 6.00. The summed E-state index contributed by atoms with van der Waals surface area (Å²) in [6, 6.07) is 0. The SMILES string of the molecule is CCCOC(=O)C(C)=C(C(=O)OCCC)C(C)C. The van der Waals surface area contributed by atoms with Crippen LogP contribution in [0.2, 0.25) is 0 Å². The van der Waals surface area contributed by atoms with Crippen LogP contribution < -0.4 is 0 Å². The zero-order chi connectivity index (χ0) is 14.1. The van der Waals surface area contributed by atoms with Crippen LogP contribution in [0.5, 0.6) is 0 Å². The van der Waals surface area contributed by atoms with Gasteiger partial charge in [0, 0.05) is 11.1 Å². The van der Waals surface area contributed by atoms with Gasteiger partial charge >= 0.3 is 11.9 Å². The Morgan fingerprint density at radius 3 is 1.78 bits per heavy atom. The van der Waals surface area contributed by atoms with Gasteiger partial charge in [-0.2, -0.15) is 0 Å². The van der Waals surface area contributed by atoms with Gasteiger partial charge < -0.3 is 9.47 Å². The van der Waals surface area contributed by atoms with Gasteiger partial charge in [0.1, 0.15) is 0 Å². The lowest BCUT2D eigenvalue weighted by molar-refractivity contribution is -0.142. The number of carbonyl (C=O) groups is 2. The van der Waals surface area contributed by atoms with Crippen molar-refractivity contribution in [1.29, 1.82) is 0 Å². The van der Waals surface area contributed by atoms with Crippen molar-refractivity contribution in [3.8, 4) is 0 Å². The average Bonchev–Trinajstić information content (AvgIpc) is 2.32. The van der Waals surface area contributed by atoms with Crippen molar-refractivity contribution >= 4 is 11.9 Å². The fraction of sp³-hybridized carbons (Fsp3) is 0.714. The molecule has 0 aromatic carbocycles. The number of rotatable bonds is 7. The summed E-state index contributed by atoms with van der Waals surface area (Å²) in [5.41, 5.74) is 0.754. The fourth-order valence-corrected chi connectivity index (χ4v) is 1.51. The van der Waals surface area contributed by atoms with Crippen LogP contribution in [0.3, 0.4) is 0 Å². The van der Waals surface area contributed by atoms with Gasteiger partial charge in [-0.1, -0.05) is 27.7 Å². The maximum atomic E-state index is 11.9. The summed E-state index contributed by atoms with van der Waals surface area (Å²) in [7, 11) is 0. The van der Waals surface area contributed by atoms with E-state index in [1.165, 1.54) is 0 Å². The van der Waals surface area contributed by atoms with Gasteiger partial charge in [-0.15, -0.1) is 0 Å². The number of hydrogen-bond donors (Lipinski definition) is 0. The summed E-state index contributed by atoms with van der Waals surface area (Å²) in [5.74, 6) is -0.921. The average molecular weight is 256 g/mol. The zero-order valence-electron chi connectivity index (χ0n) is 12.0. The van der Waals surface area contributed by atoms with Crippen molar-refractivity contribution in [2.24, 2.45) is 5.92 Å². The van der Waals surface area contributed by atoms with Crippen molar-refractivity contribution in [2.75, 3.05) is 13.2 Å². The first-order valence-electron chi connectivity index (χ1n) is 6.50. The second-order valence-corrected chi connectivity index (χ2v) is 4.47. The summed E-state index contributed by atoms with van der Waals surface area (Å²) in [6.45, 7) is 9.91. The van der Waals surface area contributed by atoms with E-state index in [0.717, 1.165) is 12.8 Å². The molecule has 0 N–H and O–H groups in total. The van der Waals surface area contributed by atoms with Gasteiger partial charge in [-0.3, -0.25) is 0 Å². The molecule has 0 aromatic heterocycles. The number of hydrogen-bond acceptors (Lipinski definition) is 4. The third kappa shape index (κ3) is 5.34. The molecule has 0 aliphatic heterocycles. The van der Waals surface area contributed by atoms with Crippen molar-refractivity contribution in [2.45, 2.75) is 47.5 Å². The van der Waals surface area contributed by atoms with Crippen LogP contribution in [0.15, 0.2) is 11.1 Å². The minimum atomic E-state index is -0.436. The molecule has 104 valence electrons. The first-order chi connectivity index (χ1) is 8.45. The number of ether oxygens (including phenoxy) is 2. The van der Waals surface area contributed by atoms with E-state index in [-0.39, 0.29) is 5.92 Å². The molecule has 0 bridgehead atoms. The molecule has 0 saturated heterocycles. The molecule has 4 heteroatoms. The highest BCUT2D eigenvalue weighted by atomic mass is 16.5. The molecule has 0 heterocycles. The highest BCUT2D eigenvalue weighted by Gasteiger charge is 2.22. The maximum absolute atomic E-state index is 11.9. The van der Waals surface area contributed by atoms with Crippen molar-refractivity contribution in [3.05, 3.63) is 11.1 Å². The molecule has 0 fully saturated rings. The minimum Gasteiger partial charge on any atom is -0.462 e. The van der Waals surface area contributed by atoms with Gasteiger partial charge in [-0.25, -0.2) is 9.59 Å². The summed E-state index contributed by atoms with van der Waals surface area (Å²) in [5, 5.41) is 0. The van der Waals surface area contributed by atoms with Crippen LogP contribution in [0.25, 0.3) is 0 Å². The minimum absolute atomic E-state index is 0.0662.